The molecule has 0 radical (unpaired) electrons. The molecule has 0 aromatic heterocycles. The van der Waals surface area contributed by atoms with Crippen LogP contribution in [0.15, 0.2) is 0 Å². The van der Waals surface area contributed by atoms with Gasteiger partial charge in [0.1, 0.15) is 0 Å². The van der Waals surface area contributed by atoms with Crippen LogP contribution in [-0.4, -0.2) is 19.4 Å². The van der Waals surface area contributed by atoms with Crippen LogP contribution in [0, 0.1) is 17.8 Å². The van der Waals surface area contributed by atoms with Gasteiger partial charge in [0.05, 0.1) is 19.4 Å². The van der Waals surface area contributed by atoms with Gasteiger partial charge in [-0.05, 0) is 37.0 Å². The first kappa shape index (κ1) is 28.1. The highest BCUT2D eigenvalue weighted by Crippen LogP contribution is 2.52. The number of unbranched alkanes of at least 4 members (excludes halogenated alkanes) is 3. The van der Waals surface area contributed by atoms with Gasteiger partial charge >= 0.3 is 7.60 Å². The van der Waals surface area contributed by atoms with E-state index in [0.717, 1.165) is 38.5 Å². The van der Waals surface area contributed by atoms with Crippen LogP contribution in [0.25, 0.3) is 0 Å². The largest absolute Gasteiger partial charge is 0.330 e. The van der Waals surface area contributed by atoms with Crippen LogP contribution in [0.2, 0.25) is 0 Å². The summed E-state index contributed by atoms with van der Waals surface area (Å²) in [5, 5.41) is 0. The first-order chi connectivity index (χ1) is 13.5. The van der Waals surface area contributed by atoms with Gasteiger partial charge in [-0.25, -0.2) is 0 Å². The van der Waals surface area contributed by atoms with Gasteiger partial charge in [-0.2, -0.15) is 0 Å². The van der Waals surface area contributed by atoms with Gasteiger partial charge in [-0.15, -0.1) is 0 Å². The van der Waals surface area contributed by atoms with Gasteiger partial charge in [0.25, 0.3) is 0 Å². The molecule has 0 heterocycles. The van der Waals surface area contributed by atoms with E-state index in [9.17, 15) is 4.57 Å². The summed E-state index contributed by atoms with van der Waals surface area (Å²) in [5.74, 6) is 1.43. The number of hydrogen-bond donors (Lipinski definition) is 0. The molecule has 28 heavy (non-hydrogen) atoms. The van der Waals surface area contributed by atoms with Crippen molar-refractivity contribution in [3.8, 4) is 0 Å². The van der Waals surface area contributed by atoms with Crippen LogP contribution in [0.5, 0.6) is 0 Å². The van der Waals surface area contributed by atoms with Gasteiger partial charge in [0.15, 0.2) is 0 Å². The van der Waals surface area contributed by atoms with Crippen molar-refractivity contribution in [3.63, 3.8) is 0 Å². The Morgan fingerprint density at radius 2 is 0.964 bits per heavy atom. The van der Waals surface area contributed by atoms with E-state index in [0.29, 0.717) is 37.1 Å². The zero-order chi connectivity index (χ0) is 21.3. The van der Waals surface area contributed by atoms with Crippen molar-refractivity contribution in [2.24, 2.45) is 17.8 Å². The molecule has 3 nitrogen and oxygen atoms in total. The van der Waals surface area contributed by atoms with Crippen molar-refractivity contribution in [3.05, 3.63) is 0 Å². The zero-order valence-electron chi connectivity index (χ0n) is 20.0. The van der Waals surface area contributed by atoms with Crippen molar-refractivity contribution >= 4 is 7.60 Å². The molecule has 0 rings (SSSR count). The molecular formula is C24H51O3P. The van der Waals surface area contributed by atoms with E-state index >= 15 is 0 Å². The smallest absolute Gasteiger partial charge is 0.308 e. The summed E-state index contributed by atoms with van der Waals surface area (Å²) in [4.78, 5) is 0. The fourth-order valence-electron chi connectivity index (χ4n) is 3.61. The van der Waals surface area contributed by atoms with Crippen molar-refractivity contribution in [2.75, 3.05) is 19.4 Å². The topological polar surface area (TPSA) is 35.5 Å². The second-order valence-electron chi connectivity index (χ2n) is 8.63. The molecule has 0 saturated carbocycles. The van der Waals surface area contributed by atoms with Gasteiger partial charge in [-0.1, -0.05) is 99.3 Å². The van der Waals surface area contributed by atoms with E-state index < -0.39 is 7.60 Å². The number of rotatable bonds is 20. The van der Waals surface area contributed by atoms with Crippen LogP contribution in [0.1, 0.15) is 119 Å². The fraction of sp³-hybridized carbons (Fsp3) is 1.00. The number of hydrogen-bond acceptors (Lipinski definition) is 3. The summed E-state index contributed by atoms with van der Waals surface area (Å²) >= 11 is 0. The van der Waals surface area contributed by atoms with E-state index in [2.05, 4.69) is 41.5 Å². The van der Waals surface area contributed by atoms with E-state index in [1.165, 1.54) is 38.5 Å². The minimum atomic E-state index is -3.03. The minimum Gasteiger partial charge on any atom is -0.308 e. The Balaban J connectivity index is 4.97. The van der Waals surface area contributed by atoms with E-state index in [-0.39, 0.29) is 0 Å². The zero-order valence-corrected chi connectivity index (χ0v) is 20.9. The summed E-state index contributed by atoms with van der Waals surface area (Å²) in [5.41, 5.74) is 0. The first-order valence-electron chi connectivity index (χ1n) is 12.4. The van der Waals surface area contributed by atoms with Crippen molar-refractivity contribution in [1.29, 1.82) is 0 Å². The Bertz CT molecular complexity index is 362. The summed E-state index contributed by atoms with van der Waals surface area (Å²) < 4.78 is 25.9. The van der Waals surface area contributed by atoms with Crippen molar-refractivity contribution in [1.82, 2.24) is 0 Å². The predicted octanol–water partition coefficient (Wildman–Crippen LogP) is 8.86. The average molecular weight is 419 g/mol. The monoisotopic (exact) mass is 418 g/mol. The highest BCUT2D eigenvalue weighted by molar-refractivity contribution is 7.53. The van der Waals surface area contributed by atoms with Gasteiger partial charge in [0.2, 0.25) is 0 Å². The normalized spacial score (nSPS) is 15.5. The Morgan fingerprint density at radius 1 is 0.607 bits per heavy atom. The molecule has 0 saturated heterocycles. The first-order valence-corrected chi connectivity index (χ1v) is 14.1. The standard InChI is InChI=1S/C24H51O3P/c1-7-13-16-22(10-4)19-26-28(25,21-24(12-6)18-15-9-3)27-20-23(11-5)17-14-8-2/h22-24H,7-21H2,1-6H3/t22-,23-,24-/m0/s1. The predicted molar refractivity (Wildman–Crippen MR) is 124 cm³/mol. The summed E-state index contributed by atoms with van der Waals surface area (Å²) in [6.07, 6.45) is 14.5. The lowest BCUT2D eigenvalue weighted by molar-refractivity contribution is 0.148. The molecule has 3 atom stereocenters. The molecule has 4 heteroatoms. The molecule has 0 aliphatic rings. The van der Waals surface area contributed by atoms with Gasteiger partial charge in [0, 0.05) is 0 Å². The fourth-order valence-corrected chi connectivity index (χ4v) is 5.84. The molecule has 0 bridgehead atoms. The molecule has 0 unspecified atom stereocenters. The average Bonchev–Trinajstić information content (AvgIpc) is 2.71. The summed E-state index contributed by atoms with van der Waals surface area (Å²) in [6.45, 7) is 14.5. The molecule has 0 aliphatic heterocycles. The maximum absolute atomic E-state index is 13.7. The second kappa shape index (κ2) is 18.0. The van der Waals surface area contributed by atoms with E-state index in [1.807, 2.05) is 0 Å². The summed E-state index contributed by atoms with van der Waals surface area (Å²) in [6, 6.07) is 0. The van der Waals surface area contributed by atoms with Crippen LogP contribution in [-0.2, 0) is 13.6 Å². The van der Waals surface area contributed by atoms with E-state index in [4.69, 9.17) is 9.05 Å². The maximum Gasteiger partial charge on any atom is 0.330 e. The minimum absolute atomic E-state index is 0.442. The highest BCUT2D eigenvalue weighted by atomic mass is 31.2. The highest BCUT2D eigenvalue weighted by Gasteiger charge is 2.30. The maximum atomic E-state index is 13.7. The van der Waals surface area contributed by atoms with Crippen LogP contribution < -0.4 is 0 Å². The van der Waals surface area contributed by atoms with Crippen LogP contribution in [0.3, 0.4) is 0 Å². The molecule has 0 N–H and O–H groups in total. The Morgan fingerprint density at radius 3 is 1.29 bits per heavy atom. The summed E-state index contributed by atoms with van der Waals surface area (Å²) in [7, 11) is -3.03. The lowest BCUT2D eigenvalue weighted by atomic mass is 10.0. The SMILES string of the molecule is CCCC[C@H](CC)COP(=O)(C[C@@H](CC)CCCC)OC[C@@H](CC)CCCC. The molecule has 0 fully saturated rings. The molecule has 0 aromatic rings. The molecule has 0 aliphatic carbocycles. The van der Waals surface area contributed by atoms with Gasteiger partial charge in [-0.3, -0.25) is 4.57 Å². The lowest BCUT2D eigenvalue weighted by Crippen LogP contribution is -2.16. The Labute approximate surface area is 177 Å². The van der Waals surface area contributed by atoms with Crippen LogP contribution in [0.4, 0.5) is 0 Å². The lowest BCUT2D eigenvalue weighted by Gasteiger charge is -2.27. The quantitative estimate of drug-likeness (QED) is 0.185. The third kappa shape index (κ3) is 13.4. The van der Waals surface area contributed by atoms with Crippen LogP contribution >= 0.6 is 7.60 Å². The molecule has 0 aromatic carbocycles. The Hall–Kier alpha value is 0.150. The molecule has 170 valence electrons. The third-order valence-corrected chi connectivity index (χ3v) is 8.17. The van der Waals surface area contributed by atoms with Crippen molar-refractivity contribution in [2.45, 2.75) is 119 Å². The van der Waals surface area contributed by atoms with Gasteiger partial charge < -0.3 is 9.05 Å². The third-order valence-electron chi connectivity index (χ3n) is 6.13. The van der Waals surface area contributed by atoms with E-state index in [1.54, 1.807) is 0 Å². The Kier molecular flexibility index (Phi) is 18.1. The molecule has 0 amide bonds. The second-order valence-corrected chi connectivity index (χ2v) is 10.7. The van der Waals surface area contributed by atoms with Crippen molar-refractivity contribution < 1.29 is 13.6 Å². The molecule has 0 spiro atoms. The molecular weight excluding hydrogens is 367 g/mol.